The van der Waals surface area contributed by atoms with Crippen LogP contribution in [0.5, 0.6) is 0 Å². The summed E-state index contributed by atoms with van der Waals surface area (Å²) in [7, 11) is 2.40. The Balaban J connectivity index is 4.55. The molecule has 0 rings (SSSR count). The summed E-state index contributed by atoms with van der Waals surface area (Å²) in [6.07, 6.45) is -4.11. The van der Waals surface area contributed by atoms with Crippen molar-refractivity contribution >= 4 is 0 Å². The van der Waals surface area contributed by atoms with Crippen LogP contribution < -0.4 is 5.73 Å². The second kappa shape index (κ2) is 4.78. The van der Waals surface area contributed by atoms with Crippen molar-refractivity contribution in [1.29, 1.82) is 0 Å². The van der Waals surface area contributed by atoms with Crippen LogP contribution >= 0.6 is 0 Å². The van der Waals surface area contributed by atoms with Gasteiger partial charge in [0.1, 0.15) is 6.04 Å². The van der Waals surface area contributed by atoms with Crippen LogP contribution in [-0.4, -0.2) is 37.5 Å². The minimum Gasteiger partial charge on any atom is -0.326 e. The van der Waals surface area contributed by atoms with Crippen LogP contribution in [0.3, 0.4) is 0 Å². The molecular formula is C7H15F3N2O. The first kappa shape index (κ1) is 12.7. The highest BCUT2D eigenvalue weighted by Crippen LogP contribution is 2.26. The SMILES string of the molecule is CCC(N)C(N(C)OC)C(F)(F)F. The third-order valence-corrected chi connectivity index (χ3v) is 1.89. The largest absolute Gasteiger partial charge is 0.407 e. The summed E-state index contributed by atoms with van der Waals surface area (Å²) in [5.74, 6) is 0. The highest BCUT2D eigenvalue weighted by Gasteiger charge is 2.46. The molecule has 3 nitrogen and oxygen atoms in total. The summed E-state index contributed by atoms with van der Waals surface area (Å²) >= 11 is 0. The molecule has 0 aromatic rings. The summed E-state index contributed by atoms with van der Waals surface area (Å²) in [5.41, 5.74) is 5.34. The fourth-order valence-corrected chi connectivity index (χ4v) is 1.06. The van der Waals surface area contributed by atoms with Gasteiger partial charge >= 0.3 is 6.18 Å². The third-order valence-electron chi connectivity index (χ3n) is 1.89. The molecule has 0 fully saturated rings. The minimum atomic E-state index is -4.36. The fourth-order valence-electron chi connectivity index (χ4n) is 1.06. The van der Waals surface area contributed by atoms with E-state index in [2.05, 4.69) is 4.84 Å². The zero-order chi connectivity index (χ0) is 10.6. The van der Waals surface area contributed by atoms with E-state index in [1.807, 2.05) is 0 Å². The molecule has 0 amide bonds. The van der Waals surface area contributed by atoms with Crippen LogP contribution in [0.15, 0.2) is 0 Å². The average Bonchev–Trinajstić information content (AvgIpc) is 2.01. The minimum absolute atomic E-state index is 0.248. The van der Waals surface area contributed by atoms with E-state index in [0.29, 0.717) is 0 Å². The Morgan fingerprint density at radius 1 is 1.46 bits per heavy atom. The second-order valence-electron chi connectivity index (χ2n) is 2.79. The molecule has 0 radical (unpaired) electrons. The van der Waals surface area contributed by atoms with Crippen molar-refractivity contribution in [1.82, 2.24) is 5.06 Å². The molecule has 2 N–H and O–H groups in total. The zero-order valence-electron chi connectivity index (χ0n) is 7.93. The molecule has 6 heteroatoms. The van der Waals surface area contributed by atoms with Crippen molar-refractivity contribution in [2.24, 2.45) is 5.73 Å². The summed E-state index contributed by atoms with van der Waals surface area (Å²) in [5, 5.41) is 0.730. The number of rotatable bonds is 4. The monoisotopic (exact) mass is 200 g/mol. The Labute approximate surface area is 75.6 Å². The van der Waals surface area contributed by atoms with Crippen LogP contribution in [0.1, 0.15) is 13.3 Å². The number of hydroxylamine groups is 2. The molecule has 0 aromatic heterocycles. The predicted molar refractivity (Wildman–Crippen MR) is 42.9 cm³/mol. The van der Waals surface area contributed by atoms with Crippen molar-refractivity contribution in [3.05, 3.63) is 0 Å². The molecule has 2 unspecified atom stereocenters. The summed E-state index contributed by atoms with van der Waals surface area (Å²) < 4.78 is 37.2. The van der Waals surface area contributed by atoms with E-state index >= 15 is 0 Å². The van der Waals surface area contributed by atoms with Crippen molar-refractivity contribution in [2.45, 2.75) is 31.6 Å². The molecule has 0 spiro atoms. The Bertz CT molecular complexity index is 141. The Morgan fingerprint density at radius 3 is 2.15 bits per heavy atom. The number of hydrogen-bond acceptors (Lipinski definition) is 3. The normalized spacial score (nSPS) is 17.5. The maximum atomic E-state index is 12.4. The number of likely N-dealkylation sites (N-methyl/N-ethyl adjacent to an activating group) is 1. The van der Waals surface area contributed by atoms with Gasteiger partial charge in [-0.1, -0.05) is 6.92 Å². The van der Waals surface area contributed by atoms with E-state index in [0.717, 1.165) is 5.06 Å². The quantitative estimate of drug-likeness (QED) is 0.692. The molecule has 0 aliphatic heterocycles. The molecule has 80 valence electrons. The smallest absolute Gasteiger partial charge is 0.326 e. The van der Waals surface area contributed by atoms with Crippen molar-refractivity contribution < 1.29 is 18.0 Å². The number of nitrogens with zero attached hydrogens (tertiary/aromatic N) is 1. The highest BCUT2D eigenvalue weighted by atomic mass is 19.4. The Kier molecular flexibility index (Phi) is 4.66. The van der Waals surface area contributed by atoms with E-state index in [4.69, 9.17) is 5.73 Å². The van der Waals surface area contributed by atoms with E-state index in [-0.39, 0.29) is 6.42 Å². The topological polar surface area (TPSA) is 38.5 Å². The average molecular weight is 200 g/mol. The first-order valence-electron chi connectivity index (χ1n) is 3.93. The highest BCUT2D eigenvalue weighted by molar-refractivity contribution is 4.83. The van der Waals surface area contributed by atoms with Gasteiger partial charge in [-0.05, 0) is 6.42 Å². The van der Waals surface area contributed by atoms with Crippen LogP contribution in [0.25, 0.3) is 0 Å². The van der Waals surface area contributed by atoms with Crippen LogP contribution in [0.2, 0.25) is 0 Å². The standard InChI is InChI=1S/C7H15F3N2O/c1-4-5(11)6(7(8,9)10)12(2)13-3/h5-6H,4,11H2,1-3H3. The van der Waals surface area contributed by atoms with Gasteiger partial charge in [0.05, 0.1) is 7.11 Å². The number of halogens is 3. The fraction of sp³-hybridized carbons (Fsp3) is 1.00. The maximum absolute atomic E-state index is 12.4. The van der Waals surface area contributed by atoms with E-state index in [1.165, 1.54) is 14.2 Å². The predicted octanol–water partition coefficient (Wildman–Crippen LogP) is 1.15. The van der Waals surface area contributed by atoms with Crippen molar-refractivity contribution in [2.75, 3.05) is 14.2 Å². The first-order chi connectivity index (χ1) is 5.84. The first-order valence-corrected chi connectivity index (χ1v) is 3.93. The molecule has 0 heterocycles. The molecule has 0 aliphatic carbocycles. The Morgan fingerprint density at radius 2 is 1.92 bits per heavy atom. The molecule has 0 saturated carbocycles. The van der Waals surface area contributed by atoms with Gasteiger partial charge in [-0.2, -0.15) is 18.2 Å². The zero-order valence-corrected chi connectivity index (χ0v) is 7.93. The van der Waals surface area contributed by atoms with Crippen molar-refractivity contribution in [3.8, 4) is 0 Å². The van der Waals surface area contributed by atoms with Crippen molar-refractivity contribution in [3.63, 3.8) is 0 Å². The lowest BCUT2D eigenvalue weighted by molar-refractivity contribution is -0.259. The van der Waals surface area contributed by atoms with Gasteiger partial charge in [-0.3, -0.25) is 0 Å². The van der Waals surface area contributed by atoms with Gasteiger partial charge in [0.2, 0.25) is 0 Å². The lowest BCUT2D eigenvalue weighted by atomic mass is 10.1. The van der Waals surface area contributed by atoms with E-state index in [9.17, 15) is 13.2 Å². The van der Waals surface area contributed by atoms with Crippen LogP contribution in [0, 0.1) is 0 Å². The molecule has 0 bridgehead atoms. The van der Waals surface area contributed by atoms with Gasteiger partial charge in [0.25, 0.3) is 0 Å². The molecule has 2 atom stereocenters. The van der Waals surface area contributed by atoms with E-state index in [1.54, 1.807) is 6.92 Å². The number of nitrogens with two attached hydrogens (primary N) is 1. The second-order valence-corrected chi connectivity index (χ2v) is 2.79. The molecular weight excluding hydrogens is 185 g/mol. The summed E-state index contributed by atoms with van der Waals surface area (Å²) in [6.45, 7) is 1.60. The molecule has 0 aromatic carbocycles. The third kappa shape index (κ3) is 3.50. The number of alkyl halides is 3. The maximum Gasteiger partial charge on any atom is 0.407 e. The molecule has 13 heavy (non-hydrogen) atoms. The summed E-state index contributed by atoms with van der Waals surface area (Å²) in [4.78, 5) is 4.50. The van der Waals surface area contributed by atoms with Gasteiger partial charge in [-0.15, -0.1) is 0 Å². The lowest BCUT2D eigenvalue weighted by Gasteiger charge is -2.31. The van der Waals surface area contributed by atoms with Crippen LogP contribution in [-0.2, 0) is 4.84 Å². The number of hydrogen-bond donors (Lipinski definition) is 1. The Hall–Kier alpha value is -0.330. The van der Waals surface area contributed by atoms with Gasteiger partial charge < -0.3 is 10.6 Å². The molecule has 0 saturated heterocycles. The summed E-state index contributed by atoms with van der Waals surface area (Å²) in [6, 6.07) is -2.72. The molecule has 0 aliphatic rings. The van der Waals surface area contributed by atoms with E-state index < -0.39 is 18.3 Å². The van der Waals surface area contributed by atoms with Gasteiger partial charge in [-0.25, -0.2) is 0 Å². The van der Waals surface area contributed by atoms with Gasteiger partial charge in [0.15, 0.2) is 0 Å². The lowest BCUT2D eigenvalue weighted by Crippen LogP contribution is -2.54. The van der Waals surface area contributed by atoms with Crippen LogP contribution in [0.4, 0.5) is 13.2 Å². The van der Waals surface area contributed by atoms with Gasteiger partial charge in [0, 0.05) is 13.1 Å².